The van der Waals surface area contributed by atoms with Crippen LogP contribution in [0.4, 0.5) is 4.79 Å². The van der Waals surface area contributed by atoms with Gasteiger partial charge >= 0.3 is 18.0 Å². The zero-order chi connectivity index (χ0) is 28.2. The normalized spacial score (nSPS) is 12.6. The topological polar surface area (TPSA) is 180 Å². The van der Waals surface area contributed by atoms with Crippen molar-refractivity contribution in [2.24, 2.45) is 0 Å². The van der Waals surface area contributed by atoms with Gasteiger partial charge in [-0.2, -0.15) is 0 Å². The van der Waals surface area contributed by atoms with E-state index in [0.29, 0.717) is 12.1 Å². The number of carbonyl (C=O) groups is 5. The Labute approximate surface area is 216 Å². The van der Waals surface area contributed by atoms with Gasteiger partial charge in [-0.15, -0.1) is 0 Å². The summed E-state index contributed by atoms with van der Waals surface area (Å²) in [5, 5.41) is 26.1. The number of carboxylic acid groups (broad SMARTS) is 2. The highest BCUT2D eigenvalue weighted by atomic mass is 16.6. The monoisotopic (exact) mass is 523 g/mol. The highest BCUT2D eigenvalue weighted by Crippen LogP contribution is 2.21. The fourth-order valence-electron chi connectivity index (χ4n) is 3.14. The molecule has 37 heavy (non-hydrogen) atoms. The molecule has 1 rings (SSSR count). The van der Waals surface area contributed by atoms with E-state index in [1.165, 1.54) is 25.1 Å². The molecule has 12 nitrogen and oxygen atoms in total. The molecule has 1 aromatic rings. The van der Waals surface area contributed by atoms with Gasteiger partial charge in [0.05, 0.1) is 0 Å². The number of aromatic carboxylic acids is 1. The first-order valence-electron chi connectivity index (χ1n) is 12.0. The number of unbranched alkanes of at least 4 members (excludes halogenated alkanes) is 2. The second-order valence-electron chi connectivity index (χ2n) is 9.45. The second kappa shape index (κ2) is 14.7. The standard InChI is InChI=1S/C25H37N3O9/c1-6-7-8-11-26-22(32)18(28-21(31)15(2)27-24(35)37-25(3,4)5)13-16-9-10-19(36-14-20(29)30)17(12-16)23(33)34/h9-10,12,15,18H,6-8,11,13-14H2,1-5H3,(H,26,32)(H,27,35)(H,28,31)(H,29,30)(H,33,34)/t15-,18-/m0/s1. The number of carboxylic acids is 2. The van der Waals surface area contributed by atoms with Crippen molar-refractivity contribution < 1.29 is 43.7 Å². The van der Waals surface area contributed by atoms with Crippen LogP contribution in [0.15, 0.2) is 18.2 Å². The van der Waals surface area contributed by atoms with Gasteiger partial charge in [0.1, 0.15) is 29.0 Å². The van der Waals surface area contributed by atoms with Crippen molar-refractivity contribution in [1.82, 2.24) is 16.0 Å². The van der Waals surface area contributed by atoms with Gasteiger partial charge in [-0.25, -0.2) is 14.4 Å². The SMILES string of the molecule is CCCCCNC(=O)[C@H](Cc1ccc(OCC(=O)O)c(C(=O)O)c1)NC(=O)[C@H](C)NC(=O)OC(C)(C)C. The van der Waals surface area contributed by atoms with Crippen LogP contribution in [-0.2, 0) is 25.5 Å². The van der Waals surface area contributed by atoms with E-state index in [0.717, 1.165) is 19.3 Å². The van der Waals surface area contributed by atoms with E-state index in [1.54, 1.807) is 20.8 Å². The lowest BCUT2D eigenvalue weighted by Crippen LogP contribution is -2.54. The Morgan fingerprint density at radius 1 is 1.00 bits per heavy atom. The molecule has 0 fully saturated rings. The number of carbonyl (C=O) groups excluding carboxylic acids is 3. The van der Waals surface area contributed by atoms with Crippen LogP contribution in [0.2, 0.25) is 0 Å². The molecule has 2 atom stereocenters. The molecular weight excluding hydrogens is 486 g/mol. The van der Waals surface area contributed by atoms with Gasteiger partial charge in [0.25, 0.3) is 0 Å². The second-order valence-corrected chi connectivity index (χ2v) is 9.45. The smallest absolute Gasteiger partial charge is 0.408 e. The van der Waals surface area contributed by atoms with Gasteiger partial charge in [-0.3, -0.25) is 9.59 Å². The van der Waals surface area contributed by atoms with Gasteiger partial charge in [0.2, 0.25) is 11.8 Å². The minimum atomic E-state index is -1.35. The van der Waals surface area contributed by atoms with Crippen molar-refractivity contribution >= 4 is 29.8 Å². The van der Waals surface area contributed by atoms with Crippen LogP contribution in [0.25, 0.3) is 0 Å². The van der Waals surface area contributed by atoms with Crippen molar-refractivity contribution in [2.75, 3.05) is 13.2 Å². The van der Waals surface area contributed by atoms with Gasteiger partial charge in [0, 0.05) is 13.0 Å². The predicted octanol–water partition coefficient (Wildman–Crippen LogP) is 2.10. The van der Waals surface area contributed by atoms with Crippen LogP contribution in [0.1, 0.15) is 69.8 Å². The molecule has 0 spiro atoms. The van der Waals surface area contributed by atoms with Gasteiger partial charge in [0.15, 0.2) is 6.61 Å². The zero-order valence-electron chi connectivity index (χ0n) is 21.9. The van der Waals surface area contributed by atoms with E-state index in [1.807, 2.05) is 6.92 Å². The molecule has 0 aliphatic heterocycles. The number of amides is 3. The summed E-state index contributed by atoms with van der Waals surface area (Å²) in [6.07, 6.45) is 1.76. The highest BCUT2D eigenvalue weighted by molar-refractivity contribution is 5.92. The first kappa shape index (κ1) is 31.2. The van der Waals surface area contributed by atoms with Gasteiger partial charge in [-0.05, 0) is 51.8 Å². The summed E-state index contributed by atoms with van der Waals surface area (Å²) in [6.45, 7) is 8.17. The number of hydrogen-bond donors (Lipinski definition) is 5. The van der Waals surface area contributed by atoms with E-state index >= 15 is 0 Å². The molecule has 1 aromatic carbocycles. The van der Waals surface area contributed by atoms with Gasteiger partial charge < -0.3 is 35.6 Å². The maximum absolute atomic E-state index is 12.9. The molecule has 0 aliphatic rings. The summed E-state index contributed by atoms with van der Waals surface area (Å²) in [6, 6.07) is 1.93. The third kappa shape index (κ3) is 12.1. The highest BCUT2D eigenvalue weighted by Gasteiger charge is 2.27. The van der Waals surface area contributed by atoms with E-state index in [4.69, 9.17) is 14.6 Å². The van der Waals surface area contributed by atoms with Crippen LogP contribution in [0.3, 0.4) is 0 Å². The average molecular weight is 524 g/mol. The minimum absolute atomic E-state index is 0.0655. The van der Waals surface area contributed by atoms with Crippen LogP contribution < -0.4 is 20.7 Å². The summed E-state index contributed by atoms with van der Waals surface area (Å²) in [7, 11) is 0. The molecule has 0 unspecified atom stereocenters. The molecule has 0 saturated carbocycles. The summed E-state index contributed by atoms with van der Waals surface area (Å²) in [5.41, 5.74) is -0.655. The number of ether oxygens (including phenoxy) is 2. The van der Waals surface area contributed by atoms with Crippen LogP contribution >= 0.6 is 0 Å². The summed E-state index contributed by atoms with van der Waals surface area (Å²) in [4.78, 5) is 60.1. The van der Waals surface area contributed by atoms with E-state index in [-0.39, 0.29) is 17.7 Å². The molecule has 3 amide bonds. The first-order valence-corrected chi connectivity index (χ1v) is 12.0. The molecule has 0 bridgehead atoms. The number of aliphatic carboxylic acids is 1. The Hall–Kier alpha value is -3.83. The maximum atomic E-state index is 12.9. The van der Waals surface area contributed by atoms with Gasteiger partial charge in [-0.1, -0.05) is 25.8 Å². The fraction of sp³-hybridized carbons (Fsp3) is 0.560. The number of hydrogen-bond acceptors (Lipinski definition) is 7. The largest absolute Gasteiger partial charge is 0.481 e. The molecular formula is C25H37N3O9. The Kier molecular flexibility index (Phi) is 12.4. The third-order valence-corrected chi connectivity index (χ3v) is 4.90. The maximum Gasteiger partial charge on any atom is 0.408 e. The lowest BCUT2D eigenvalue weighted by atomic mass is 10.0. The molecule has 0 aromatic heterocycles. The predicted molar refractivity (Wildman–Crippen MR) is 134 cm³/mol. The summed E-state index contributed by atoms with van der Waals surface area (Å²) >= 11 is 0. The Balaban J connectivity index is 3.06. The molecule has 0 radical (unpaired) electrons. The van der Waals surface area contributed by atoms with Crippen molar-refractivity contribution in [3.05, 3.63) is 29.3 Å². The third-order valence-electron chi connectivity index (χ3n) is 4.90. The number of alkyl carbamates (subject to hydrolysis) is 1. The quantitative estimate of drug-likeness (QED) is 0.228. The lowest BCUT2D eigenvalue weighted by Gasteiger charge is -2.24. The van der Waals surface area contributed by atoms with Crippen LogP contribution in [0.5, 0.6) is 5.75 Å². The van der Waals surface area contributed by atoms with E-state index < -0.39 is 54.1 Å². The Morgan fingerprint density at radius 3 is 2.24 bits per heavy atom. The molecule has 206 valence electrons. The fourth-order valence-corrected chi connectivity index (χ4v) is 3.14. The first-order chi connectivity index (χ1) is 17.2. The van der Waals surface area contributed by atoms with E-state index in [9.17, 15) is 29.1 Å². The summed E-state index contributed by atoms with van der Waals surface area (Å²) < 4.78 is 10.2. The molecule has 0 saturated heterocycles. The lowest BCUT2D eigenvalue weighted by molar-refractivity contribution is -0.139. The molecule has 0 heterocycles. The van der Waals surface area contributed by atoms with E-state index in [2.05, 4.69) is 16.0 Å². The van der Waals surface area contributed by atoms with Crippen LogP contribution in [-0.4, -0.2) is 70.9 Å². The van der Waals surface area contributed by atoms with Crippen molar-refractivity contribution in [3.8, 4) is 5.75 Å². The zero-order valence-corrected chi connectivity index (χ0v) is 21.9. The molecule has 12 heteroatoms. The Morgan fingerprint density at radius 2 is 1.68 bits per heavy atom. The number of benzene rings is 1. The molecule has 0 aliphatic carbocycles. The van der Waals surface area contributed by atoms with Crippen molar-refractivity contribution in [2.45, 2.75) is 78.0 Å². The minimum Gasteiger partial charge on any atom is -0.481 e. The van der Waals surface area contributed by atoms with Crippen molar-refractivity contribution in [3.63, 3.8) is 0 Å². The number of rotatable bonds is 14. The number of nitrogens with one attached hydrogen (secondary N) is 3. The average Bonchev–Trinajstić information content (AvgIpc) is 2.78. The Bertz CT molecular complexity index is 973. The van der Waals surface area contributed by atoms with Crippen LogP contribution in [0, 0.1) is 0 Å². The summed E-state index contributed by atoms with van der Waals surface area (Å²) in [5.74, 6) is -3.87. The van der Waals surface area contributed by atoms with Crippen molar-refractivity contribution in [1.29, 1.82) is 0 Å². The molecule has 5 N–H and O–H groups in total.